The molecular formula is C12H12N4O. The van der Waals surface area contributed by atoms with Crippen LogP contribution in [0.25, 0.3) is 0 Å². The van der Waals surface area contributed by atoms with Crippen LogP contribution >= 0.6 is 0 Å². The molecule has 1 aromatic carbocycles. The summed E-state index contributed by atoms with van der Waals surface area (Å²) in [6.07, 6.45) is 3.47. The van der Waals surface area contributed by atoms with Gasteiger partial charge in [0.05, 0.1) is 5.70 Å². The summed E-state index contributed by atoms with van der Waals surface area (Å²) in [4.78, 5) is 8.46. The van der Waals surface area contributed by atoms with Crippen molar-refractivity contribution < 1.29 is 4.74 Å². The van der Waals surface area contributed by atoms with E-state index in [2.05, 4.69) is 15.3 Å². The second-order valence-corrected chi connectivity index (χ2v) is 3.81. The maximum absolute atomic E-state index is 6.14. The molecule has 0 saturated carbocycles. The van der Waals surface area contributed by atoms with Crippen molar-refractivity contribution in [1.29, 1.82) is 0 Å². The molecule has 0 spiro atoms. The molecule has 17 heavy (non-hydrogen) atoms. The van der Waals surface area contributed by atoms with Gasteiger partial charge in [-0.05, 0) is 18.2 Å². The van der Waals surface area contributed by atoms with E-state index in [-0.39, 0.29) is 0 Å². The van der Waals surface area contributed by atoms with Crippen LogP contribution in [0.2, 0.25) is 0 Å². The van der Waals surface area contributed by atoms with Crippen molar-refractivity contribution in [2.45, 2.75) is 5.85 Å². The summed E-state index contributed by atoms with van der Waals surface area (Å²) in [5.74, 6) is -0.558. The van der Waals surface area contributed by atoms with Crippen molar-refractivity contribution in [3.8, 4) is 5.75 Å². The molecule has 1 atom stereocenters. The van der Waals surface area contributed by atoms with E-state index in [4.69, 9.17) is 10.5 Å². The number of allylic oxidation sites excluding steroid dienone is 1. The molecule has 0 radical (unpaired) electrons. The van der Waals surface area contributed by atoms with Crippen LogP contribution in [-0.2, 0) is 0 Å². The van der Waals surface area contributed by atoms with Gasteiger partial charge in [-0.15, -0.1) is 0 Å². The predicted molar refractivity (Wildman–Crippen MR) is 66.0 cm³/mol. The minimum Gasteiger partial charge on any atom is -0.447 e. The molecule has 5 nitrogen and oxygen atoms in total. The number of rotatable bonds is 2. The second kappa shape index (κ2) is 3.71. The van der Waals surface area contributed by atoms with Gasteiger partial charge < -0.3 is 10.1 Å². The lowest BCUT2D eigenvalue weighted by molar-refractivity contribution is 0.159. The lowest BCUT2D eigenvalue weighted by Gasteiger charge is -2.28. The van der Waals surface area contributed by atoms with Gasteiger partial charge in [-0.25, -0.2) is 4.99 Å². The zero-order valence-corrected chi connectivity index (χ0v) is 9.13. The molecule has 0 saturated heterocycles. The minimum absolute atomic E-state index is 0.516. The third-order valence-corrected chi connectivity index (χ3v) is 2.63. The number of dihydropyridines is 1. The van der Waals surface area contributed by atoms with Crippen LogP contribution < -0.4 is 15.8 Å². The number of hydrogen-bond acceptors (Lipinski definition) is 5. The fraction of sp³-hybridized carbons (Fsp3) is 0.167. The first-order chi connectivity index (χ1) is 8.28. The zero-order valence-electron chi connectivity index (χ0n) is 9.13. The second-order valence-electron chi connectivity index (χ2n) is 3.81. The molecule has 5 heteroatoms. The number of benzene rings is 1. The first-order valence-electron chi connectivity index (χ1n) is 5.35. The van der Waals surface area contributed by atoms with Crippen molar-refractivity contribution in [3.63, 3.8) is 0 Å². The van der Waals surface area contributed by atoms with Crippen molar-refractivity contribution in [2.24, 2.45) is 15.7 Å². The first-order valence-corrected chi connectivity index (χ1v) is 5.35. The molecule has 0 fully saturated rings. The number of ether oxygens (including phenoxy) is 1. The standard InChI is InChI=1S/C12H12N4O/c13-12(17-9-4-2-1-3-5-9)11-10(6-7-16-12)14-8-15-11/h1-7,14H,8,13H2. The van der Waals surface area contributed by atoms with Gasteiger partial charge in [0.2, 0.25) is 0 Å². The lowest BCUT2D eigenvalue weighted by Crippen LogP contribution is -2.53. The van der Waals surface area contributed by atoms with Gasteiger partial charge in [-0.3, -0.25) is 10.7 Å². The Labute approximate surface area is 98.7 Å². The summed E-state index contributed by atoms with van der Waals surface area (Å²) in [5.41, 5.74) is 7.66. The van der Waals surface area contributed by atoms with E-state index >= 15 is 0 Å². The highest BCUT2D eigenvalue weighted by molar-refractivity contribution is 6.11. The van der Waals surface area contributed by atoms with Crippen LogP contribution in [0.4, 0.5) is 0 Å². The van der Waals surface area contributed by atoms with Crippen LogP contribution in [0.5, 0.6) is 5.75 Å². The van der Waals surface area contributed by atoms with Crippen LogP contribution in [-0.4, -0.2) is 24.4 Å². The Kier molecular flexibility index (Phi) is 2.19. The maximum atomic E-state index is 6.14. The van der Waals surface area contributed by atoms with Gasteiger partial charge in [0.1, 0.15) is 18.1 Å². The van der Waals surface area contributed by atoms with E-state index in [1.807, 2.05) is 36.4 Å². The third-order valence-electron chi connectivity index (χ3n) is 2.63. The molecule has 3 rings (SSSR count). The van der Waals surface area contributed by atoms with Crippen LogP contribution in [0, 0.1) is 0 Å². The van der Waals surface area contributed by atoms with Crippen molar-refractivity contribution in [3.05, 3.63) is 42.1 Å². The molecule has 2 heterocycles. The van der Waals surface area contributed by atoms with E-state index in [1.54, 1.807) is 6.21 Å². The average Bonchev–Trinajstić information content (AvgIpc) is 2.80. The maximum Gasteiger partial charge on any atom is 0.301 e. The summed E-state index contributed by atoms with van der Waals surface area (Å²) in [7, 11) is 0. The summed E-state index contributed by atoms with van der Waals surface area (Å²) in [6, 6.07) is 9.36. The van der Waals surface area contributed by atoms with Gasteiger partial charge in [-0.2, -0.15) is 0 Å². The van der Waals surface area contributed by atoms with Crippen LogP contribution in [0.3, 0.4) is 0 Å². The number of hydrogen-bond donors (Lipinski definition) is 2. The van der Waals surface area contributed by atoms with Gasteiger partial charge >= 0.3 is 5.85 Å². The molecule has 1 unspecified atom stereocenters. The molecule has 0 bridgehead atoms. The molecular weight excluding hydrogens is 216 g/mol. The molecule has 2 aliphatic heterocycles. The Hall–Kier alpha value is -2.14. The highest BCUT2D eigenvalue weighted by Gasteiger charge is 2.39. The van der Waals surface area contributed by atoms with E-state index in [9.17, 15) is 0 Å². The number of fused-ring (bicyclic) bond motifs is 1. The van der Waals surface area contributed by atoms with Gasteiger partial charge in [0.15, 0.2) is 0 Å². The zero-order chi connectivity index (χ0) is 11.7. The summed E-state index contributed by atoms with van der Waals surface area (Å²) < 4.78 is 5.72. The van der Waals surface area contributed by atoms with Gasteiger partial charge in [0, 0.05) is 6.21 Å². The van der Waals surface area contributed by atoms with E-state index in [0.29, 0.717) is 18.1 Å². The van der Waals surface area contributed by atoms with E-state index in [0.717, 1.165) is 5.70 Å². The quantitative estimate of drug-likeness (QED) is 0.730. The molecule has 0 aromatic heterocycles. The topological polar surface area (TPSA) is 72.0 Å². The highest BCUT2D eigenvalue weighted by atomic mass is 16.5. The van der Waals surface area contributed by atoms with Crippen LogP contribution in [0.1, 0.15) is 0 Å². The van der Waals surface area contributed by atoms with E-state index < -0.39 is 5.85 Å². The SMILES string of the molecule is NC1(Oc2ccccc2)N=CC=C2NCN=C21. The molecule has 1 aromatic rings. The van der Waals surface area contributed by atoms with Gasteiger partial charge in [0.25, 0.3) is 0 Å². The van der Waals surface area contributed by atoms with Crippen LogP contribution in [0.15, 0.2) is 52.1 Å². The summed E-state index contributed by atoms with van der Waals surface area (Å²) in [5, 5.41) is 3.11. The fourth-order valence-electron chi connectivity index (χ4n) is 1.84. The number of aliphatic imine (C=N–C) groups is 2. The van der Waals surface area contributed by atoms with Crippen molar-refractivity contribution in [1.82, 2.24) is 5.32 Å². The Morgan fingerprint density at radius 3 is 2.94 bits per heavy atom. The molecule has 0 aliphatic carbocycles. The largest absolute Gasteiger partial charge is 0.447 e. The van der Waals surface area contributed by atoms with Crippen molar-refractivity contribution in [2.75, 3.05) is 6.67 Å². The molecule has 3 N–H and O–H groups in total. The predicted octanol–water partition coefficient (Wildman–Crippen LogP) is 0.648. The first kappa shape index (κ1) is 10.0. The number of nitrogens with two attached hydrogens (primary N) is 1. The van der Waals surface area contributed by atoms with Crippen molar-refractivity contribution >= 4 is 11.9 Å². The Morgan fingerprint density at radius 1 is 1.29 bits per heavy atom. The summed E-state index contributed by atoms with van der Waals surface area (Å²) >= 11 is 0. The monoisotopic (exact) mass is 228 g/mol. The molecule has 2 aliphatic rings. The average molecular weight is 228 g/mol. The number of para-hydroxylation sites is 1. The number of nitrogens with zero attached hydrogens (tertiary/aromatic N) is 2. The molecule has 0 amide bonds. The Bertz CT molecular complexity index is 521. The Morgan fingerprint density at radius 2 is 2.12 bits per heavy atom. The smallest absolute Gasteiger partial charge is 0.301 e. The lowest BCUT2D eigenvalue weighted by atomic mass is 10.1. The highest BCUT2D eigenvalue weighted by Crippen LogP contribution is 2.23. The fourth-order valence-corrected chi connectivity index (χ4v) is 1.84. The number of nitrogens with one attached hydrogen (secondary N) is 1. The molecule has 86 valence electrons. The van der Waals surface area contributed by atoms with E-state index in [1.165, 1.54) is 0 Å². The van der Waals surface area contributed by atoms with Gasteiger partial charge in [-0.1, -0.05) is 18.2 Å². The summed E-state index contributed by atoms with van der Waals surface area (Å²) in [6.45, 7) is 0.516. The normalized spacial score (nSPS) is 25.7. The minimum atomic E-state index is -1.23. The Balaban J connectivity index is 1.92. The third kappa shape index (κ3) is 1.70.